The Balaban J connectivity index is 1.58. The van der Waals surface area contributed by atoms with Gasteiger partial charge in [-0.15, -0.1) is 10.2 Å². The van der Waals surface area contributed by atoms with E-state index >= 15 is 0 Å². The zero-order valence-corrected chi connectivity index (χ0v) is 15.5. The number of benzene rings is 2. The number of methoxy groups -OCH3 is 2. The lowest BCUT2D eigenvalue weighted by molar-refractivity contribution is 0.0953. The second-order valence-electron chi connectivity index (χ2n) is 5.95. The molecule has 7 nitrogen and oxygen atoms in total. The van der Waals surface area contributed by atoms with Crippen molar-refractivity contribution in [3.8, 4) is 23.0 Å². The number of nitrogens with one attached hydrogen (secondary N) is 1. The van der Waals surface area contributed by atoms with Crippen LogP contribution in [0.3, 0.4) is 0 Å². The molecule has 0 radical (unpaired) electrons. The van der Waals surface area contributed by atoms with Gasteiger partial charge >= 0.3 is 0 Å². The summed E-state index contributed by atoms with van der Waals surface area (Å²) in [5.41, 5.74) is 2.48. The van der Waals surface area contributed by atoms with Crippen LogP contribution in [0.4, 0.5) is 0 Å². The highest BCUT2D eigenvalue weighted by Gasteiger charge is 2.12. The molecule has 1 N–H and O–H groups in total. The molecule has 0 aliphatic heterocycles. The van der Waals surface area contributed by atoms with E-state index in [1.54, 1.807) is 25.3 Å². The summed E-state index contributed by atoms with van der Waals surface area (Å²) in [5, 5.41) is 10.9. The smallest absolute Gasteiger partial charge is 0.251 e. The predicted molar refractivity (Wildman–Crippen MR) is 100 cm³/mol. The maximum Gasteiger partial charge on any atom is 0.251 e. The Hall–Kier alpha value is -3.35. The fraction of sp³-hybridized carbons (Fsp3) is 0.250. The van der Waals surface area contributed by atoms with Crippen molar-refractivity contribution in [2.75, 3.05) is 20.8 Å². The summed E-state index contributed by atoms with van der Waals surface area (Å²) in [6.45, 7) is 2.38. The minimum atomic E-state index is -0.214. The van der Waals surface area contributed by atoms with Crippen molar-refractivity contribution in [1.82, 2.24) is 15.5 Å². The highest BCUT2D eigenvalue weighted by atomic mass is 16.5. The standard InChI is InChI=1S/C20H21N3O4/c1-13-5-4-6-15(11-13)20-23-22-18(27-20)9-10-21-19(24)14-7-8-16(25-2)17(12-14)26-3/h4-8,11-12H,9-10H2,1-3H3,(H,21,24). The molecule has 1 amide bonds. The number of rotatable bonds is 7. The fourth-order valence-electron chi connectivity index (χ4n) is 2.61. The van der Waals surface area contributed by atoms with Gasteiger partial charge in [0.1, 0.15) is 0 Å². The number of aromatic nitrogens is 2. The first kappa shape index (κ1) is 18.4. The Morgan fingerprint density at radius 3 is 2.63 bits per heavy atom. The number of nitrogens with zero attached hydrogens (tertiary/aromatic N) is 2. The summed E-state index contributed by atoms with van der Waals surface area (Å²) < 4.78 is 16.1. The first-order valence-corrected chi connectivity index (χ1v) is 8.50. The van der Waals surface area contributed by atoms with Crippen LogP contribution in [-0.4, -0.2) is 36.9 Å². The Labute approximate surface area is 157 Å². The van der Waals surface area contributed by atoms with Crippen molar-refractivity contribution in [2.45, 2.75) is 13.3 Å². The lowest BCUT2D eigenvalue weighted by Gasteiger charge is -2.09. The van der Waals surface area contributed by atoms with Crippen LogP contribution in [0.15, 0.2) is 46.9 Å². The lowest BCUT2D eigenvalue weighted by atomic mass is 10.1. The predicted octanol–water partition coefficient (Wildman–Crippen LogP) is 3.03. The molecule has 0 saturated carbocycles. The van der Waals surface area contributed by atoms with E-state index in [0.29, 0.717) is 41.8 Å². The van der Waals surface area contributed by atoms with Gasteiger partial charge in [-0.2, -0.15) is 0 Å². The van der Waals surface area contributed by atoms with Gasteiger partial charge in [0.15, 0.2) is 11.5 Å². The zero-order chi connectivity index (χ0) is 19.2. The topological polar surface area (TPSA) is 86.5 Å². The molecule has 0 spiro atoms. The van der Waals surface area contributed by atoms with Crippen molar-refractivity contribution in [2.24, 2.45) is 0 Å². The first-order valence-electron chi connectivity index (χ1n) is 8.50. The number of amides is 1. The average molecular weight is 367 g/mol. The first-order chi connectivity index (χ1) is 13.1. The van der Waals surface area contributed by atoms with Crippen molar-refractivity contribution >= 4 is 5.91 Å². The second kappa shape index (κ2) is 8.35. The van der Waals surface area contributed by atoms with Crippen LogP contribution < -0.4 is 14.8 Å². The van der Waals surface area contributed by atoms with Gasteiger partial charge in [0.25, 0.3) is 5.91 Å². The molecule has 1 aromatic heterocycles. The van der Waals surface area contributed by atoms with Crippen LogP contribution in [0.1, 0.15) is 21.8 Å². The van der Waals surface area contributed by atoms with Gasteiger partial charge in [-0.25, -0.2) is 0 Å². The van der Waals surface area contributed by atoms with Crippen molar-refractivity contribution in [3.05, 3.63) is 59.5 Å². The normalized spacial score (nSPS) is 10.5. The molecule has 0 aliphatic rings. The summed E-state index contributed by atoms with van der Waals surface area (Å²) in [6.07, 6.45) is 0.442. The Morgan fingerprint density at radius 2 is 1.89 bits per heavy atom. The van der Waals surface area contributed by atoms with E-state index < -0.39 is 0 Å². The summed E-state index contributed by atoms with van der Waals surface area (Å²) in [5.74, 6) is 1.81. The second-order valence-corrected chi connectivity index (χ2v) is 5.95. The quantitative estimate of drug-likeness (QED) is 0.691. The van der Waals surface area contributed by atoms with E-state index in [1.165, 1.54) is 7.11 Å². The molecule has 0 saturated heterocycles. The molecule has 2 aromatic carbocycles. The molecular weight excluding hydrogens is 346 g/mol. The Bertz CT molecular complexity index is 936. The third kappa shape index (κ3) is 4.44. The summed E-state index contributed by atoms with van der Waals surface area (Å²) in [4.78, 5) is 12.3. The van der Waals surface area contributed by atoms with Crippen LogP contribution >= 0.6 is 0 Å². The van der Waals surface area contributed by atoms with Crippen molar-refractivity contribution in [3.63, 3.8) is 0 Å². The van der Waals surface area contributed by atoms with Crippen molar-refractivity contribution < 1.29 is 18.7 Å². The molecule has 27 heavy (non-hydrogen) atoms. The monoisotopic (exact) mass is 367 g/mol. The van der Waals surface area contributed by atoms with E-state index in [1.807, 2.05) is 31.2 Å². The molecule has 0 fully saturated rings. The summed E-state index contributed by atoms with van der Waals surface area (Å²) in [7, 11) is 3.08. The molecule has 3 aromatic rings. The molecule has 7 heteroatoms. The molecular formula is C20H21N3O4. The maximum absolute atomic E-state index is 12.3. The molecule has 3 rings (SSSR count). The van der Waals surface area contributed by atoms with Gasteiger partial charge in [0.05, 0.1) is 14.2 Å². The van der Waals surface area contributed by atoms with Gasteiger partial charge < -0.3 is 19.2 Å². The number of carbonyl (C=O) groups is 1. The van der Waals surface area contributed by atoms with Gasteiger partial charge in [0, 0.05) is 24.1 Å². The van der Waals surface area contributed by atoms with Gasteiger partial charge in [0.2, 0.25) is 11.8 Å². The number of carbonyl (C=O) groups excluding carboxylic acids is 1. The van der Waals surface area contributed by atoms with Gasteiger partial charge in [-0.1, -0.05) is 17.7 Å². The van der Waals surface area contributed by atoms with E-state index in [2.05, 4.69) is 15.5 Å². The Morgan fingerprint density at radius 1 is 1.07 bits per heavy atom. The molecule has 0 bridgehead atoms. The molecule has 140 valence electrons. The minimum absolute atomic E-state index is 0.214. The highest BCUT2D eigenvalue weighted by molar-refractivity contribution is 5.94. The number of ether oxygens (including phenoxy) is 2. The SMILES string of the molecule is COc1ccc(C(=O)NCCc2nnc(-c3cccc(C)c3)o2)cc1OC. The Kier molecular flexibility index (Phi) is 5.71. The van der Waals surface area contributed by atoms with Gasteiger partial charge in [-0.05, 0) is 37.3 Å². The highest BCUT2D eigenvalue weighted by Crippen LogP contribution is 2.27. The largest absolute Gasteiger partial charge is 0.493 e. The number of hydrogen-bond acceptors (Lipinski definition) is 6. The zero-order valence-electron chi connectivity index (χ0n) is 15.5. The van der Waals surface area contributed by atoms with Crippen LogP contribution in [0.5, 0.6) is 11.5 Å². The number of hydrogen-bond donors (Lipinski definition) is 1. The van der Waals surface area contributed by atoms with E-state index in [9.17, 15) is 4.79 Å². The summed E-state index contributed by atoms with van der Waals surface area (Å²) in [6, 6.07) is 12.9. The maximum atomic E-state index is 12.3. The van der Waals surface area contributed by atoms with E-state index in [0.717, 1.165) is 11.1 Å². The van der Waals surface area contributed by atoms with Crippen LogP contribution in [0.2, 0.25) is 0 Å². The van der Waals surface area contributed by atoms with Crippen LogP contribution in [-0.2, 0) is 6.42 Å². The summed E-state index contributed by atoms with van der Waals surface area (Å²) >= 11 is 0. The fourth-order valence-corrected chi connectivity index (χ4v) is 2.61. The van der Waals surface area contributed by atoms with E-state index in [4.69, 9.17) is 13.9 Å². The number of aryl methyl sites for hydroxylation is 1. The van der Waals surface area contributed by atoms with E-state index in [-0.39, 0.29) is 5.91 Å². The van der Waals surface area contributed by atoms with Crippen molar-refractivity contribution in [1.29, 1.82) is 0 Å². The molecule has 0 atom stereocenters. The molecule has 0 unspecified atom stereocenters. The van der Waals surface area contributed by atoms with Crippen LogP contribution in [0.25, 0.3) is 11.5 Å². The minimum Gasteiger partial charge on any atom is -0.493 e. The molecule has 1 heterocycles. The lowest BCUT2D eigenvalue weighted by Crippen LogP contribution is -2.25. The third-order valence-corrected chi connectivity index (χ3v) is 4.00. The average Bonchev–Trinajstić information content (AvgIpc) is 3.16. The van der Waals surface area contributed by atoms with Crippen LogP contribution in [0, 0.1) is 6.92 Å². The third-order valence-electron chi connectivity index (χ3n) is 4.00. The molecule has 0 aliphatic carbocycles. The van der Waals surface area contributed by atoms with Gasteiger partial charge in [-0.3, -0.25) is 4.79 Å².